The average Bonchev–Trinajstić information content (AvgIpc) is 2.94. The van der Waals surface area contributed by atoms with Crippen molar-refractivity contribution in [2.75, 3.05) is 6.54 Å². The Labute approximate surface area is 183 Å². The number of aliphatic hydroxyl groups is 1. The van der Waals surface area contributed by atoms with Gasteiger partial charge >= 0.3 is 5.97 Å². The van der Waals surface area contributed by atoms with Crippen LogP contribution in [0.15, 0.2) is 0 Å². The second-order valence-corrected chi connectivity index (χ2v) is 12.5. The maximum Gasteiger partial charge on any atom is 0.309 e. The number of rotatable bonds is 5. The third-order valence-corrected chi connectivity index (χ3v) is 10.8. The molecule has 4 aliphatic carbocycles. The topological polar surface area (TPSA) is 69.6 Å². The number of carboxylic acid groups (broad SMARTS) is 1. The lowest BCUT2D eigenvalue weighted by atomic mass is 9.42. The molecule has 3 N–H and O–H groups in total. The zero-order valence-corrected chi connectivity index (χ0v) is 19.9. The standard InChI is InChI=1S/C26H45NO3/c1-16(2)10-13-27-21-15-26(5)20(9-12-25(26,4)23(29)30)19-7-6-17-14-18(28)8-11-24(17,3)22(19)21/h16-22,27-28H,6-15H2,1-5H3,(H,29,30)/t17?,18?,19-,20-,21?,22-,24-,25?,26-/m0/s1. The van der Waals surface area contributed by atoms with E-state index in [1.54, 1.807) is 0 Å². The summed E-state index contributed by atoms with van der Waals surface area (Å²) >= 11 is 0. The first kappa shape index (κ1) is 22.6. The molecule has 0 aromatic rings. The summed E-state index contributed by atoms with van der Waals surface area (Å²) in [7, 11) is 0. The van der Waals surface area contributed by atoms with Gasteiger partial charge in [0.2, 0.25) is 0 Å². The number of carboxylic acids is 1. The molecule has 0 spiro atoms. The highest BCUT2D eigenvalue weighted by Gasteiger charge is 2.67. The third-order valence-electron chi connectivity index (χ3n) is 10.8. The molecule has 4 nitrogen and oxygen atoms in total. The van der Waals surface area contributed by atoms with Crippen molar-refractivity contribution in [1.29, 1.82) is 0 Å². The number of nitrogens with one attached hydrogen (secondary N) is 1. The summed E-state index contributed by atoms with van der Waals surface area (Å²) in [5, 5.41) is 24.6. The van der Waals surface area contributed by atoms with E-state index in [4.69, 9.17) is 0 Å². The van der Waals surface area contributed by atoms with E-state index in [1.807, 2.05) is 6.92 Å². The second kappa shape index (κ2) is 7.76. The second-order valence-electron chi connectivity index (χ2n) is 12.5. The Morgan fingerprint density at radius 2 is 1.83 bits per heavy atom. The molecule has 4 rings (SSSR count). The van der Waals surface area contributed by atoms with Gasteiger partial charge in [-0.1, -0.05) is 27.7 Å². The van der Waals surface area contributed by atoms with Crippen LogP contribution in [0.4, 0.5) is 0 Å². The van der Waals surface area contributed by atoms with Crippen LogP contribution < -0.4 is 5.32 Å². The number of aliphatic carboxylic acids is 1. The number of fused-ring (bicyclic) bond motifs is 5. The molecule has 30 heavy (non-hydrogen) atoms. The highest BCUT2D eigenvalue weighted by molar-refractivity contribution is 5.76. The van der Waals surface area contributed by atoms with Gasteiger partial charge in [-0.3, -0.25) is 4.79 Å². The number of carbonyl (C=O) groups is 1. The zero-order valence-electron chi connectivity index (χ0n) is 19.9. The fourth-order valence-corrected chi connectivity index (χ4v) is 8.77. The van der Waals surface area contributed by atoms with Crippen molar-refractivity contribution in [3.63, 3.8) is 0 Å². The first-order valence-electron chi connectivity index (χ1n) is 12.7. The molecule has 0 saturated heterocycles. The number of aliphatic hydroxyl groups excluding tert-OH is 1. The summed E-state index contributed by atoms with van der Waals surface area (Å²) in [4.78, 5) is 12.4. The number of hydrogen-bond donors (Lipinski definition) is 3. The molecule has 0 amide bonds. The normalized spacial score (nSPS) is 50.6. The van der Waals surface area contributed by atoms with E-state index in [0.29, 0.717) is 35.6 Å². The predicted molar refractivity (Wildman–Crippen MR) is 120 cm³/mol. The Morgan fingerprint density at radius 1 is 1.10 bits per heavy atom. The molecule has 4 heteroatoms. The molecule has 4 fully saturated rings. The van der Waals surface area contributed by atoms with Gasteiger partial charge < -0.3 is 15.5 Å². The molecule has 4 saturated carbocycles. The van der Waals surface area contributed by atoms with Crippen molar-refractivity contribution in [2.45, 2.75) is 105 Å². The SMILES string of the molecule is CC(C)CCNC1C[C@@]2(C)[C@@H](CCC2(C)C(=O)O)[C@@H]2CCC3CC(O)CC[C@]3(C)[C@H]12. The molecule has 0 heterocycles. The van der Waals surface area contributed by atoms with Crippen LogP contribution in [0.3, 0.4) is 0 Å². The van der Waals surface area contributed by atoms with Crippen LogP contribution in [0.2, 0.25) is 0 Å². The fourth-order valence-electron chi connectivity index (χ4n) is 8.77. The lowest BCUT2D eigenvalue weighted by Crippen LogP contribution is -2.63. The number of hydrogen-bond acceptors (Lipinski definition) is 3. The quantitative estimate of drug-likeness (QED) is 0.580. The molecule has 9 atom stereocenters. The first-order valence-corrected chi connectivity index (χ1v) is 12.7. The van der Waals surface area contributed by atoms with Crippen molar-refractivity contribution in [2.24, 2.45) is 45.8 Å². The molecule has 4 aliphatic rings. The van der Waals surface area contributed by atoms with Gasteiger partial charge in [0, 0.05) is 6.04 Å². The van der Waals surface area contributed by atoms with Crippen LogP contribution in [-0.2, 0) is 4.79 Å². The van der Waals surface area contributed by atoms with E-state index in [-0.39, 0.29) is 16.9 Å². The van der Waals surface area contributed by atoms with Gasteiger partial charge in [-0.05, 0) is 112 Å². The van der Waals surface area contributed by atoms with Gasteiger partial charge in [-0.15, -0.1) is 0 Å². The van der Waals surface area contributed by atoms with Gasteiger partial charge in [0.15, 0.2) is 0 Å². The smallest absolute Gasteiger partial charge is 0.309 e. The maximum atomic E-state index is 12.4. The van der Waals surface area contributed by atoms with Crippen LogP contribution in [0.5, 0.6) is 0 Å². The summed E-state index contributed by atoms with van der Waals surface area (Å²) in [5.41, 5.74) is -0.463. The van der Waals surface area contributed by atoms with Gasteiger partial charge in [-0.2, -0.15) is 0 Å². The van der Waals surface area contributed by atoms with E-state index >= 15 is 0 Å². The molecule has 0 aliphatic heterocycles. The largest absolute Gasteiger partial charge is 0.481 e. The van der Waals surface area contributed by atoms with Crippen molar-refractivity contribution in [3.8, 4) is 0 Å². The Balaban J connectivity index is 1.69. The maximum absolute atomic E-state index is 12.4. The molecule has 0 radical (unpaired) electrons. The van der Waals surface area contributed by atoms with E-state index in [0.717, 1.165) is 45.1 Å². The summed E-state index contributed by atoms with van der Waals surface area (Å²) in [6.45, 7) is 12.4. The van der Waals surface area contributed by atoms with Gasteiger partial charge in [0.1, 0.15) is 0 Å². The van der Waals surface area contributed by atoms with E-state index in [2.05, 4.69) is 33.0 Å². The molecule has 0 aromatic heterocycles. The molecular formula is C26H45NO3. The van der Waals surface area contributed by atoms with Crippen LogP contribution >= 0.6 is 0 Å². The van der Waals surface area contributed by atoms with E-state index < -0.39 is 11.4 Å². The highest BCUT2D eigenvalue weighted by Crippen LogP contribution is 2.70. The predicted octanol–water partition coefficient (Wildman–Crippen LogP) is 5.10. The van der Waals surface area contributed by atoms with Crippen molar-refractivity contribution >= 4 is 5.97 Å². The zero-order chi connectivity index (χ0) is 21.9. The van der Waals surface area contributed by atoms with Crippen LogP contribution in [-0.4, -0.2) is 34.9 Å². The summed E-state index contributed by atoms with van der Waals surface area (Å²) in [5.74, 6) is 2.47. The van der Waals surface area contributed by atoms with Crippen molar-refractivity contribution in [3.05, 3.63) is 0 Å². The highest BCUT2D eigenvalue weighted by atomic mass is 16.4. The minimum Gasteiger partial charge on any atom is -0.481 e. The Kier molecular flexibility index (Phi) is 5.84. The average molecular weight is 420 g/mol. The van der Waals surface area contributed by atoms with Gasteiger partial charge in [-0.25, -0.2) is 0 Å². The lowest BCUT2D eigenvalue weighted by molar-refractivity contribution is -0.172. The Morgan fingerprint density at radius 3 is 2.50 bits per heavy atom. The summed E-state index contributed by atoms with van der Waals surface area (Å²) < 4.78 is 0. The minimum atomic E-state index is -0.610. The molecular weight excluding hydrogens is 374 g/mol. The first-order chi connectivity index (χ1) is 14.0. The molecule has 0 bridgehead atoms. The van der Waals surface area contributed by atoms with Crippen LogP contribution in [0, 0.1) is 45.8 Å². The van der Waals surface area contributed by atoms with Crippen molar-refractivity contribution < 1.29 is 15.0 Å². The van der Waals surface area contributed by atoms with Crippen LogP contribution in [0.25, 0.3) is 0 Å². The monoisotopic (exact) mass is 419 g/mol. The van der Waals surface area contributed by atoms with Gasteiger partial charge in [0.25, 0.3) is 0 Å². The molecule has 0 aromatic carbocycles. The van der Waals surface area contributed by atoms with E-state index in [9.17, 15) is 15.0 Å². The molecule has 4 unspecified atom stereocenters. The third kappa shape index (κ3) is 3.27. The summed E-state index contributed by atoms with van der Waals surface area (Å²) in [6.07, 6.45) is 9.39. The lowest BCUT2D eigenvalue weighted by Gasteiger charge is -2.64. The van der Waals surface area contributed by atoms with Crippen LogP contribution in [0.1, 0.15) is 92.4 Å². The van der Waals surface area contributed by atoms with Gasteiger partial charge in [0.05, 0.1) is 11.5 Å². The van der Waals surface area contributed by atoms with Crippen molar-refractivity contribution in [1.82, 2.24) is 5.32 Å². The Bertz CT molecular complexity index is 665. The fraction of sp³-hybridized carbons (Fsp3) is 0.962. The molecule has 172 valence electrons. The summed E-state index contributed by atoms with van der Waals surface area (Å²) in [6, 6.07) is 0.398. The Hall–Kier alpha value is -0.610. The minimum absolute atomic E-state index is 0.123. The van der Waals surface area contributed by atoms with E-state index in [1.165, 1.54) is 19.3 Å².